The number of aryl methyl sites for hydroxylation is 1. The molecule has 0 aromatic heterocycles. The fourth-order valence-corrected chi connectivity index (χ4v) is 4.82. The van der Waals surface area contributed by atoms with Gasteiger partial charge in [0, 0.05) is 6.54 Å². The fraction of sp³-hybridized carbons (Fsp3) is 0.208. The average molecular weight is 491 g/mol. The van der Waals surface area contributed by atoms with Crippen molar-refractivity contribution in [3.63, 3.8) is 0 Å². The van der Waals surface area contributed by atoms with Crippen LogP contribution in [0.5, 0.6) is 5.75 Å². The van der Waals surface area contributed by atoms with Gasteiger partial charge in [-0.1, -0.05) is 41.9 Å². The van der Waals surface area contributed by atoms with Gasteiger partial charge in [0.2, 0.25) is 5.91 Å². The summed E-state index contributed by atoms with van der Waals surface area (Å²) in [5.41, 5.74) is 1.16. The van der Waals surface area contributed by atoms with Crippen LogP contribution in [0.4, 0.5) is 10.1 Å². The number of amides is 1. The predicted molar refractivity (Wildman–Crippen MR) is 127 cm³/mol. The molecule has 3 aromatic rings. The summed E-state index contributed by atoms with van der Waals surface area (Å²) in [7, 11) is -2.48. The summed E-state index contributed by atoms with van der Waals surface area (Å²) in [5.74, 6) is -0.406. The number of ether oxygens (including phenoxy) is 1. The Morgan fingerprint density at radius 2 is 1.82 bits per heavy atom. The largest absolute Gasteiger partial charge is 0.497 e. The standard InChI is InChI=1S/C24H24ClFN2O4S/c1-32-20-9-5-7-18(15-20)8-6-14-27-24(29)17-28(19-12-13-23(26)22(25)16-19)33(30,31)21-10-3-2-4-11-21/h2-5,7,9-13,15-16H,6,8,14,17H2,1H3,(H,27,29). The van der Waals surface area contributed by atoms with Gasteiger partial charge in [0.25, 0.3) is 10.0 Å². The summed E-state index contributed by atoms with van der Waals surface area (Å²) in [6.45, 7) is -0.113. The second kappa shape index (κ2) is 11.2. The van der Waals surface area contributed by atoms with Gasteiger partial charge in [0.05, 0.1) is 22.7 Å². The first-order valence-corrected chi connectivity index (χ1v) is 12.1. The molecule has 174 valence electrons. The Balaban J connectivity index is 1.70. The molecule has 0 atom stereocenters. The van der Waals surface area contributed by atoms with Gasteiger partial charge in [-0.25, -0.2) is 12.8 Å². The van der Waals surface area contributed by atoms with Gasteiger partial charge in [-0.15, -0.1) is 0 Å². The minimum absolute atomic E-state index is 0.0104. The number of hydrogen-bond acceptors (Lipinski definition) is 4. The normalized spacial score (nSPS) is 11.1. The van der Waals surface area contributed by atoms with Crippen molar-refractivity contribution in [2.75, 3.05) is 24.5 Å². The quantitative estimate of drug-likeness (QED) is 0.426. The number of rotatable bonds is 10. The number of hydrogen-bond donors (Lipinski definition) is 1. The topological polar surface area (TPSA) is 75.7 Å². The van der Waals surface area contributed by atoms with Gasteiger partial charge in [-0.3, -0.25) is 9.10 Å². The fourth-order valence-electron chi connectivity index (χ4n) is 3.21. The molecule has 0 aliphatic carbocycles. The van der Waals surface area contributed by atoms with Crippen molar-refractivity contribution in [1.82, 2.24) is 5.32 Å². The lowest BCUT2D eigenvalue weighted by Gasteiger charge is -2.24. The Hall–Kier alpha value is -3.10. The maximum Gasteiger partial charge on any atom is 0.264 e. The number of nitrogens with zero attached hydrogens (tertiary/aromatic N) is 1. The molecule has 1 N–H and O–H groups in total. The lowest BCUT2D eigenvalue weighted by molar-refractivity contribution is -0.119. The van der Waals surface area contributed by atoms with Crippen LogP contribution in [0, 0.1) is 5.82 Å². The van der Waals surface area contributed by atoms with E-state index in [4.69, 9.17) is 16.3 Å². The molecular formula is C24H24ClFN2O4S. The van der Waals surface area contributed by atoms with E-state index in [9.17, 15) is 17.6 Å². The maximum atomic E-state index is 13.7. The van der Waals surface area contributed by atoms with Crippen LogP contribution in [-0.4, -0.2) is 34.5 Å². The van der Waals surface area contributed by atoms with Gasteiger partial charge in [0.1, 0.15) is 18.1 Å². The van der Waals surface area contributed by atoms with E-state index in [1.54, 1.807) is 25.3 Å². The molecule has 0 saturated carbocycles. The minimum atomic E-state index is -4.08. The third kappa shape index (κ3) is 6.46. The van der Waals surface area contributed by atoms with Crippen molar-refractivity contribution in [3.8, 4) is 5.75 Å². The zero-order valence-corrected chi connectivity index (χ0v) is 19.6. The van der Waals surface area contributed by atoms with Gasteiger partial charge < -0.3 is 10.1 Å². The molecule has 33 heavy (non-hydrogen) atoms. The van der Waals surface area contributed by atoms with Gasteiger partial charge in [-0.2, -0.15) is 0 Å². The Kier molecular flexibility index (Phi) is 8.30. The van der Waals surface area contributed by atoms with Crippen molar-refractivity contribution in [3.05, 3.63) is 89.2 Å². The lowest BCUT2D eigenvalue weighted by Crippen LogP contribution is -2.41. The van der Waals surface area contributed by atoms with Gasteiger partial charge in [-0.05, 0) is 60.9 Å². The van der Waals surface area contributed by atoms with E-state index in [-0.39, 0.29) is 15.6 Å². The SMILES string of the molecule is COc1cccc(CCCNC(=O)CN(c2ccc(F)c(Cl)c2)S(=O)(=O)c2ccccc2)c1. The number of halogens is 2. The molecule has 0 spiro atoms. The molecule has 3 rings (SSSR count). The predicted octanol–water partition coefficient (Wildman–Crippen LogP) is 4.43. The molecule has 0 aliphatic heterocycles. The Morgan fingerprint density at radius 3 is 2.52 bits per heavy atom. The molecule has 0 radical (unpaired) electrons. The summed E-state index contributed by atoms with van der Waals surface area (Å²) in [4.78, 5) is 12.6. The van der Waals surface area contributed by atoms with E-state index in [0.29, 0.717) is 13.0 Å². The van der Waals surface area contributed by atoms with E-state index in [1.807, 2.05) is 24.3 Å². The van der Waals surface area contributed by atoms with Crippen LogP contribution >= 0.6 is 11.6 Å². The Morgan fingerprint density at radius 1 is 1.06 bits per heavy atom. The molecule has 3 aromatic carbocycles. The van der Waals surface area contributed by atoms with Crippen LogP contribution in [0.2, 0.25) is 5.02 Å². The van der Waals surface area contributed by atoms with Crippen molar-refractivity contribution in [2.45, 2.75) is 17.7 Å². The van der Waals surface area contributed by atoms with E-state index in [2.05, 4.69) is 5.32 Å². The molecule has 9 heteroatoms. The third-order valence-corrected chi connectivity index (χ3v) is 6.99. The van der Waals surface area contributed by atoms with Crippen molar-refractivity contribution in [2.24, 2.45) is 0 Å². The van der Waals surface area contributed by atoms with E-state index in [0.717, 1.165) is 28.1 Å². The average Bonchev–Trinajstić information content (AvgIpc) is 2.83. The molecule has 6 nitrogen and oxygen atoms in total. The van der Waals surface area contributed by atoms with E-state index >= 15 is 0 Å². The maximum absolute atomic E-state index is 13.7. The molecule has 1 amide bonds. The summed E-state index contributed by atoms with van der Waals surface area (Å²) < 4.78 is 46.3. The molecule has 0 saturated heterocycles. The van der Waals surface area contributed by atoms with Crippen LogP contribution in [0.1, 0.15) is 12.0 Å². The zero-order chi connectivity index (χ0) is 23.8. The molecule has 0 fully saturated rings. The number of carbonyl (C=O) groups excluding carboxylic acids is 1. The van der Waals surface area contributed by atoms with Crippen molar-refractivity contribution in [1.29, 1.82) is 0 Å². The van der Waals surface area contributed by atoms with Crippen LogP contribution < -0.4 is 14.4 Å². The molecule has 0 heterocycles. The number of methoxy groups -OCH3 is 1. The van der Waals surface area contributed by atoms with Crippen LogP contribution in [0.15, 0.2) is 77.7 Å². The van der Waals surface area contributed by atoms with E-state index in [1.165, 1.54) is 24.3 Å². The Labute approximate surface area is 198 Å². The highest BCUT2D eigenvalue weighted by molar-refractivity contribution is 7.92. The molecule has 0 aliphatic rings. The second-order valence-corrected chi connectivity index (χ2v) is 9.50. The second-order valence-electron chi connectivity index (χ2n) is 7.23. The Bertz CT molecular complexity index is 1210. The monoisotopic (exact) mass is 490 g/mol. The molecule has 0 unspecified atom stereocenters. The number of nitrogens with one attached hydrogen (secondary N) is 1. The highest BCUT2D eigenvalue weighted by atomic mass is 35.5. The number of benzene rings is 3. The van der Waals surface area contributed by atoms with Crippen LogP contribution in [0.3, 0.4) is 0 Å². The highest BCUT2D eigenvalue weighted by Gasteiger charge is 2.27. The molecule has 0 bridgehead atoms. The number of carbonyl (C=O) groups is 1. The number of anilines is 1. The lowest BCUT2D eigenvalue weighted by atomic mass is 10.1. The summed E-state index contributed by atoms with van der Waals surface area (Å²) in [5, 5.41) is 2.51. The number of sulfonamides is 1. The first kappa shape index (κ1) is 24.5. The summed E-state index contributed by atoms with van der Waals surface area (Å²) >= 11 is 5.87. The zero-order valence-electron chi connectivity index (χ0n) is 18.0. The van der Waals surface area contributed by atoms with Crippen molar-refractivity contribution >= 4 is 33.2 Å². The molecular weight excluding hydrogens is 467 g/mol. The van der Waals surface area contributed by atoms with E-state index < -0.39 is 28.3 Å². The van der Waals surface area contributed by atoms with Crippen LogP contribution in [0.25, 0.3) is 0 Å². The first-order valence-electron chi connectivity index (χ1n) is 10.2. The summed E-state index contributed by atoms with van der Waals surface area (Å²) in [6.07, 6.45) is 1.38. The minimum Gasteiger partial charge on any atom is -0.497 e. The third-order valence-electron chi connectivity index (χ3n) is 4.91. The summed E-state index contributed by atoms with van der Waals surface area (Å²) in [6, 6.07) is 18.9. The van der Waals surface area contributed by atoms with Crippen LogP contribution in [-0.2, 0) is 21.2 Å². The van der Waals surface area contributed by atoms with Gasteiger partial charge in [0.15, 0.2) is 0 Å². The van der Waals surface area contributed by atoms with Crippen molar-refractivity contribution < 1.29 is 22.3 Å². The van der Waals surface area contributed by atoms with Gasteiger partial charge >= 0.3 is 0 Å². The smallest absolute Gasteiger partial charge is 0.264 e. The highest BCUT2D eigenvalue weighted by Crippen LogP contribution is 2.27. The first-order chi connectivity index (χ1) is 15.8.